The van der Waals surface area contributed by atoms with E-state index < -0.39 is 230 Å². The van der Waals surface area contributed by atoms with Crippen molar-refractivity contribution in [3.05, 3.63) is 65.9 Å². The molecular formula is C70H103N21O25S. The van der Waals surface area contributed by atoms with E-state index in [9.17, 15) is 122 Å². The number of fused-ring (bicyclic) bond motifs is 1. The molecule has 1 heterocycles. The van der Waals surface area contributed by atoms with E-state index in [4.69, 9.17) is 33.8 Å². The fourth-order valence-electron chi connectivity index (χ4n) is 11.4. The summed E-state index contributed by atoms with van der Waals surface area (Å²) < 4.78 is 0. The molecule has 1 aromatic heterocycles. The quantitative estimate of drug-likeness (QED) is 0.0108. The lowest BCUT2D eigenvalue weighted by atomic mass is 10.0. The molecule has 0 spiro atoms. The number of hydrogen-bond donors (Lipinski definition) is 28. The van der Waals surface area contributed by atoms with Gasteiger partial charge in [0.15, 0.2) is 11.9 Å². The van der Waals surface area contributed by atoms with Crippen molar-refractivity contribution in [2.45, 2.75) is 188 Å². The van der Waals surface area contributed by atoms with Crippen LogP contribution in [0, 0.1) is 10.8 Å². The minimum Gasteiger partial charge on any atom is -0.508 e. The average molecular weight is 1670 g/mol. The number of phenolic OH excluding ortho intramolecular Hbond substituents is 1. The molecule has 0 saturated heterocycles. The molecule has 0 aliphatic rings. The summed E-state index contributed by atoms with van der Waals surface area (Å²) in [6, 6.07) is -11.0. The van der Waals surface area contributed by atoms with E-state index in [1.54, 1.807) is 36.7 Å². The van der Waals surface area contributed by atoms with E-state index in [0.29, 0.717) is 35.1 Å². The van der Waals surface area contributed by atoms with Crippen LogP contribution in [-0.4, -0.2) is 271 Å². The summed E-state index contributed by atoms with van der Waals surface area (Å²) in [5.74, 6) is -25.8. The molecule has 0 bridgehead atoms. The Bertz CT molecular complexity index is 3980. The van der Waals surface area contributed by atoms with Crippen molar-refractivity contribution in [3.63, 3.8) is 0 Å². The van der Waals surface area contributed by atoms with Gasteiger partial charge in [-0.2, -0.15) is 11.8 Å². The first kappa shape index (κ1) is 98.2. The van der Waals surface area contributed by atoms with Crippen LogP contribution in [0.5, 0.6) is 5.75 Å². The number of H-pyrrole nitrogens is 1. The number of amides is 12. The summed E-state index contributed by atoms with van der Waals surface area (Å²) in [7, 11) is 0. The highest BCUT2D eigenvalue weighted by atomic mass is 32.2. The molecule has 117 heavy (non-hydrogen) atoms. The predicted molar refractivity (Wildman–Crippen MR) is 414 cm³/mol. The number of benzene rings is 2. The molecule has 0 aliphatic heterocycles. The van der Waals surface area contributed by atoms with Gasteiger partial charge in [0.25, 0.3) is 0 Å². The van der Waals surface area contributed by atoms with Crippen LogP contribution >= 0.6 is 11.8 Å². The van der Waals surface area contributed by atoms with Gasteiger partial charge >= 0.3 is 35.8 Å². The second-order valence-corrected chi connectivity index (χ2v) is 27.6. The second kappa shape index (κ2) is 51.7. The number of guanidine groups is 2. The Morgan fingerprint density at radius 3 is 1.08 bits per heavy atom. The molecule has 0 unspecified atom stereocenters. The number of carbonyl (C=O) groups excluding carboxylic acids is 12. The smallest absolute Gasteiger partial charge is 0.326 e. The Hall–Kier alpha value is -12.9. The first-order chi connectivity index (χ1) is 55.4. The minimum absolute atomic E-state index is 0.0271. The number of phenols is 1. The molecule has 644 valence electrons. The maximum Gasteiger partial charge on any atom is 0.326 e. The van der Waals surface area contributed by atoms with Gasteiger partial charge in [0.1, 0.15) is 78.3 Å². The molecule has 3 rings (SSSR count). The number of aromatic nitrogens is 1. The molecule has 12 atom stereocenters. The Balaban J connectivity index is 2.09. The largest absolute Gasteiger partial charge is 0.508 e. The van der Waals surface area contributed by atoms with Crippen LogP contribution in [0.4, 0.5) is 0 Å². The number of aliphatic carboxylic acids is 6. The number of para-hydroxylation sites is 1. The zero-order chi connectivity index (χ0) is 87.4. The van der Waals surface area contributed by atoms with Crippen LogP contribution in [0.2, 0.25) is 0 Å². The SMILES string of the molecule is CSCC[C@H](NC=O)C(=O)N[C@@H](CCCNC(=N)N)C(=O)N[C@@H](Cc1c[nH]c2ccccc12)C(=O)N[C@@H](CCCNC(=N)N)C(=O)N[C@@H](CC(=O)O)C(=O)N[C@@H](Cc1ccc(O)cc1)C(=O)N[C@@H](CCCCN)C(=O)N[C@@H](CC(=O)O)C(=O)N[C@@H](CC(=O)O)C(=O)N[C@@H](CC(=O)O)C(=O)N[C@@H](CC(=O)O)C(=O)N[C@@H](CCCCN)C(=O)O. The predicted octanol–water partition coefficient (Wildman–Crippen LogP) is -6.90. The number of nitrogens with one attached hydrogen (secondary N) is 17. The summed E-state index contributed by atoms with van der Waals surface area (Å²) in [4.78, 5) is 245. The van der Waals surface area contributed by atoms with Gasteiger partial charge in [-0.15, -0.1) is 0 Å². The van der Waals surface area contributed by atoms with Gasteiger partial charge in [0.05, 0.1) is 32.1 Å². The molecule has 3 aromatic rings. The van der Waals surface area contributed by atoms with Gasteiger partial charge in [0.2, 0.25) is 71.4 Å². The Labute approximate surface area is 672 Å². The van der Waals surface area contributed by atoms with Crippen LogP contribution in [0.1, 0.15) is 114 Å². The van der Waals surface area contributed by atoms with Crippen LogP contribution < -0.4 is 97.4 Å². The van der Waals surface area contributed by atoms with Crippen LogP contribution in [-0.2, 0) is 99.1 Å². The Kier molecular flexibility index (Phi) is 43.4. The second-order valence-electron chi connectivity index (χ2n) is 26.6. The molecule has 32 N–H and O–H groups in total. The number of rotatable bonds is 58. The lowest BCUT2D eigenvalue weighted by Crippen LogP contribution is -2.61. The van der Waals surface area contributed by atoms with Crippen molar-refractivity contribution in [3.8, 4) is 5.75 Å². The van der Waals surface area contributed by atoms with Crippen molar-refractivity contribution in [1.29, 1.82) is 10.8 Å². The van der Waals surface area contributed by atoms with Gasteiger partial charge in [-0.05, 0) is 125 Å². The molecule has 0 radical (unpaired) electrons. The third-order valence-electron chi connectivity index (χ3n) is 17.4. The highest BCUT2D eigenvalue weighted by molar-refractivity contribution is 7.98. The molecule has 0 aliphatic carbocycles. The van der Waals surface area contributed by atoms with Gasteiger partial charge in [-0.1, -0.05) is 30.3 Å². The standard InChI is InChI=1S/C70H103N21O25S/c1-117-25-20-40(80-34-92)57(104)81-42(14-8-23-77-69(73)74)59(106)86-46(27-36-33-79-39-11-3-2-10-38(36)39)62(109)83-43(15-9-24-78-70(75)76)60(107)88-48(29-53(96)97)64(111)85-45(26-35-16-18-37(93)19-17-35)61(108)82-41(12-4-6-21-71)58(105)87-49(30-54(98)99)65(112)90-51(32-56(102)103)67(114)91-50(31-55(100)101)66(113)89-47(28-52(94)95)63(110)84-44(68(115)116)13-5-7-22-72/h2-3,10-11,16-19,33-34,40-51,79,93H,4-9,12-15,20-32,71-72H2,1H3,(H,80,92)(H,81,104)(H,82,108)(H,83,109)(H,84,110)(H,85,111)(H,86,106)(H,87,105)(H,88,107)(H,89,113)(H,90,112)(H,91,114)(H,94,95)(H,96,97)(H,98,99)(H,100,101)(H,102,103)(H,115,116)(H4,73,74,77)(H4,75,76,78)/t40-,41-,42-,43-,44-,45-,46-,47-,48-,49-,50-,51-/m0/s1. The maximum absolute atomic E-state index is 15.0. The number of nitrogens with two attached hydrogens (primary N) is 4. The third-order valence-corrected chi connectivity index (χ3v) is 18.0. The van der Waals surface area contributed by atoms with Gasteiger partial charge in [-0.3, -0.25) is 92.3 Å². The minimum atomic E-state index is -2.40. The first-order valence-corrected chi connectivity index (χ1v) is 38.0. The molecular weight excluding hydrogens is 1570 g/mol. The van der Waals surface area contributed by atoms with Gasteiger partial charge in [-0.25, -0.2) is 4.79 Å². The number of aromatic hydroxyl groups is 1. The number of hydrogen-bond acceptors (Lipinski definition) is 24. The number of unbranched alkanes of at least 4 members (excludes halogenated alkanes) is 2. The van der Waals surface area contributed by atoms with Crippen molar-refractivity contribution >= 4 is 142 Å². The Morgan fingerprint density at radius 2 is 0.726 bits per heavy atom. The zero-order valence-electron chi connectivity index (χ0n) is 63.7. The number of carboxylic acid groups (broad SMARTS) is 6. The maximum atomic E-state index is 15.0. The van der Waals surface area contributed by atoms with Crippen LogP contribution in [0.25, 0.3) is 10.9 Å². The number of thioether (sulfide) groups is 1. The summed E-state index contributed by atoms with van der Waals surface area (Å²) in [5.41, 5.74) is 23.4. The summed E-state index contributed by atoms with van der Waals surface area (Å²) in [6.07, 6.45) is -4.35. The fourth-order valence-corrected chi connectivity index (χ4v) is 11.9. The molecule has 0 saturated carbocycles. The highest BCUT2D eigenvalue weighted by Gasteiger charge is 2.39. The van der Waals surface area contributed by atoms with Gasteiger partial charge in [0, 0.05) is 43.0 Å². The van der Waals surface area contributed by atoms with Crippen LogP contribution in [0.3, 0.4) is 0 Å². The van der Waals surface area contributed by atoms with E-state index in [-0.39, 0.29) is 102 Å². The molecule has 47 heteroatoms. The number of aromatic amines is 1. The Morgan fingerprint density at radius 1 is 0.410 bits per heavy atom. The third kappa shape index (κ3) is 37.3. The normalized spacial score (nSPS) is 14.0. The molecule has 46 nitrogen and oxygen atoms in total. The lowest BCUT2D eigenvalue weighted by molar-refractivity contribution is -0.145. The van der Waals surface area contributed by atoms with E-state index in [1.807, 2.05) is 21.3 Å². The van der Waals surface area contributed by atoms with E-state index in [0.717, 1.165) is 0 Å². The van der Waals surface area contributed by atoms with Gasteiger partial charge < -0.3 is 138 Å². The zero-order valence-corrected chi connectivity index (χ0v) is 64.5. The van der Waals surface area contributed by atoms with Crippen molar-refractivity contribution < 1.29 is 122 Å². The highest BCUT2D eigenvalue weighted by Crippen LogP contribution is 2.21. The molecule has 12 amide bonds. The number of carbonyl (C=O) groups is 18. The molecule has 0 fully saturated rings. The van der Waals surface area contributed by atoms with E-state index >= 15 is 0 Å². The topological polar surface area (TPSA) is 785 Å². The average Bonchev–Trinajstić information content (AvgIpc) is 1.69. The molecule has 2 aromatic carbocycles. The summed E-state index contributed by atoms with van der Waals surface area (Å²) in [5, 5.41) is 117. The van der Waals surface area contributed by atoms with Crippen molar-refractivity contribution in [2.24, 2.45) is 22.9 Å². The lowest BCUT2D eigenvalue weighted by Gasteiger charge is -2.28. The summed E-state index contributed by atoms with van der Waals surface area (Å²) in [6.45, 7) is 0.0330. The van der Waals surface area contributed by atoms with Crippen molar-refractivity contribution in [2.75, 3.05) is 38.2 Å². The van der Waals surface area contributed by atoms with E-state index in [2.05, 4.69) is 58.2 Å². The van der Waals surface area contributed by atoms with Crippen LogP contribution in [0.15, 0.2) is 54.7 Å². The van der Waals surface area contributed by atoms with E-state index in [1.165, 1.54) is 36.0 Å². The van der Waals surface area contributed by atoms with Crippen molar-refractivity contribution in [1.82, 2.24) is 79.4 Å². The number of carboxylic acids is 6. The monoisotopic (exact) mass is 1670 g/mol. The fraction of sp³-hybridized carbons (Fsp3) is 0.514. The summed E-state index contributed by atoms with van der Waals surface area (Å²) >= 11 is 1.37. The first-order valence-electron chi connectivity index (χ1n) is 36.6.